The van der Waals surface area contributed by atoms with Crippen molar-refractivity contribution >= 4 is 11.6 Å². The predicted molar refractivity (Wildman–Crippen MR) is 118 cm³/mol. The van der Waals surface area contributed by atoms with Gasteiger partial charge in [0.2, 0.25) is 5.91 Å². The molecule has 1 aliphatic rings. The Hall–Kier alpha value is -3.20. The van der Waals surface area contributed by atoms with Crippen LogP contribution in [-0.2, 0) is 16.6 Å². The fourth-order valence-electron chi connectivity index (χ4n) is 4.12. The van der Waals surface area contributed by atoms with Crippen molar-refractivity contribution in [3.63, 3.8) is 0 Å². The minimum atomic E-state index is -0.265. The van der Waals surface area contributed by atoms with Crippen LogP contribution in [0.2, 0.25) is 0 Å². The van der Waals surface area contributed by atoms with Gasteiger partial charge in [-0.25, -0.2) is 5.43 Å². The number of hydrogen-bond donors (Lipinski definition) is 1. The normalized spacial score (nSPS) is 17.6. The van der Waals surface area contributed by atoms with Gasteiger partial charge < -0.3 is 0 Å². The summed E-state index contributed by atoms with van der Waals surface area (Å²) in [6.07, 6.45) is 1.81. The van der Waals surface area contributed by atoms with Crippen molar-refractivity contribution in [3.8, 4) is 0 Å². The highest BCUT2D eigenvalue weighted by molar-refractivity contribution is 5.99. The maximum atomic E-state index is 13.0. The van der Waals surface area contributed by atoms with E-state index in [4.69, 9.17) is 0 Å². The summed E-state index contributed by atoms with van der Waals surface area (Å²) in [5.74, 6) is -0.145. The average molecular weight is 383 g/mol. The molecule has 1 amide bonds. The van der Waals surface area contributed by atoms with Gasteiger partial charge in [0, 0.05) is 5.41 Å². The molecular weight excluding hydrogens is 356 g/mol. The lowest BCUT2D eigenvalue weighted by molar-refractivity contribution is -0.122. The molecule has 1 fully saturated rings. The maximum Gasteiger partial charge on any atom is 0.244 e. The van der Waals surface area contributed by atoms with Crippen molar-refractivity contribution in [1.29, 1.82) is 0 Å². The topological polar surface area (TPSA) is 41.5 Å². The minimum Gasteiger partial charge on any atom is -0.273 e. The summed E-state index contributed by atoms with van der Waals surface area (Å²) in [5.41, 5.74) is 8.04. The van der Waals surface area contributed by atoms with Gasteiger partial charge in [0.25, 0.3) is 0 Å². The molecule has 0 spiro atoms. The van der Waals surface area contributed by atoms with Crippen LogP contribution in [0, 0.1) is 5.92 Å². The van der Waals surface area contributed by atoms with Crippen molar-refractivity contribution in [2.75, 3.05) is 0 Å². The zero-order valence-electron chi connectivity index (χ0n) is 16.9. The van der Waals surface area contributed by atoms with Crippen molar-refractivity contribution in [1.82, 2.24) is 5.43 Å². The highest BCUT2D eigenvalue weighted by Gasteiger charge is 2.60. The van der Waals surface area contributed by atoms with Crippen LogP contribution in [0.25, 0.3) is 0 Å². The standard InChI is InChI=1S/C26H26N2O/c1-3-20-14-16-21(17-15-20)19(2)27-28-25(29)24-18-26(24,22-10-6-4-7-11-22)23-12-8-5-9-13-23/h4-17,24H,3,18H2,1-2H3,(H,28,29)/b27-19-/t24-/m1/s1. The quantitative estimate of drug-likeness (QED) is 0.468. The summed E-state index contributed by atoms with van der Waals surface area (Å²) in [7, 11) is 0. The first-order chi connectivity index (χ1) is 14.1. The molecule has 1 aliphatic carbocycles. The summed E-state index contributed by atoms with van der Waals surface area (Å²) in [5, 5.41) is 4.38. The number of hydrazone groups is 1. The Morgan fingerprint density at radius 3 is 2.00 bits per heavy atom. The van der Waals surface area contributed by atoms with E-state index in [1.54, 1.807) is 0 Å². The summed E-state index contributed by atoms with van der Waals surface area (Å²) in [6.45, 7) is 4.06. The molecule has 0 saturated heterocycles. The lowest BCUT2D eigenvalue weighted by atomic mass is 9.85. The van der Waals surface area contributed by atoms with Crippen LogP contribution in [-0.4, -0.2) is 11.6 Å². The second kappa shape index (κ2) is 8.04. The van der Waals surface area contributed by atoms with Crippen molar-refractivity contribution in [2.45, 2.75) is 32.1 Å². The van der Waals surface area contributed by atoms with Gasteiger partial charge in [-0.05, 0) is 42.0 Å². The van der Waals surface area contributed by atoms with Gasteiger partial charge >= 0.3 is 0 Å². The van der Waals surface area contributed by atoms with Crippen LogP contribution in [0.3, 0.4) is 0 Å². The van der Waals surface area contributed by atoms with Crippen molar-refractivity contribution in [3.05, 3.63) is 107 Å². The zero-order valence-corrected chi connectivity index (χ0v) is 16.9. The minimum absolute atomic E-state index is 0.0257. The molecule has 3 aromatic rings. The van der Waals surface area contributed by atoms with Gasteiger partial charge in [0.05, 0.1) is 11.6 Å². The molecule has 3 heteroatoms. The van der Waals surface area contributed by atoms with E-state index >= 15 is 0 Å². The molecule has 4 rings (SSSR count). The molecule has 0 radical (unpaired) electrons. The van der Waals surface area contributed by atoms with Gasteiger partial charge in [-0.2, -0.15) is 5.10 Å². The van der Waals surface area contributed by atoms with Crippen molar-refractivity contribution < 1.29 is 4.79 Å². The summed E-state index contributed by atoms with van der Waals surface area (Å²) in [4.78, 5) is 13.0. The number of carbonyl (C=O) groups is 1. The Morgan fingerprint density at radius 1 is 0.931 bits per heavy atom. The monoisotopic (exact) mass is 382 g/mol. The molecule has 0 aliphatic heterocycles. The van der Waals surface area contributed by atoms with Gasteiger partial charge in [0.1, 0.15) is 0 Å². The molecular formula is C26H26N2O. The molecule has 3 nitrogen and oxygen atoms in total. The fraction of sp³-hybridized carbons (Fsp3) is 0.231. The Kier molecular flexibility index (Phi) is 5.30. The van der Waals surface area contributed by atoms with Gasteiger partial charge in [-0.15, -0.1) is 0 Å². The molecule has 1 atom stereocenters. The summed E-state index contributed by atoms with van der Waals surface area (Å²) in [6, 6.07) is 28.9. The fourth-order valence-corrected chi connectivity index (χ4v) is 4.12. The van der Waals surface area contributed by atoms with Crippen molar-refractivity contribution in [2.24, 2.45) is 11.0 Å². The molecule has 146 valence electrons. The summed E-state index contributed by atoms with van der Waals surface area (Å²) >= 11 is 0. The highest BCUT2D eigenvalue weighted by atomic mass is 16.2. The third-order valence-electron chi connectivity index (χ3n) is 5.97. The number of aryl methyl sites for hydroxylation is 1. The number of nitrogens with one attached hydrogen (secondary N) is 1. The molecule has 0 heterocycles. The first-order valence-corrected chi connectivity index (χ1v) is 10.2. The highest BCUT2D eigenvalue weighted by Crippen LogP contribution is 2.58. The molecule has 1 N–H and O–H groups in total. The Bertz CT molecular complexity index is 968. The lowest BCUT2D eigenvalue weighted by Crippen LogP contribution is -2.26. The van der Waals surface area contributed by atoms with Crippen LogP contribution >= 0.6 is 0 Å². The second-order valence-electron chi connectivity index (χ2n) is 7.68. The van der Waals surface area contributed by atoms with Crippen LogP contribution in [0.1, 0.15) is 42.5 Å². The number of amides is 1. The van der Waals surface area contributed by atoms with E-state index in [1.165, 1.54) is 16.7 Å². The molecule has 0 aromatic heterocycles. The van der Waals surface area contributed by atoms with Crippen LogP contribution < -0.4 is 5.43 Å². The second-order valence-corrected chi connectivity index (χ2v) is 7.68. The molecule has 29 heavy (non-hydrogen) atoms. The lowest BCUT2D eigenvalue weighted by Gasteiger charge is -2.18. The van der Waals surface area contributed by atoms with E-state index < -0.39 is 0 Å². The third kappa shape index (κ3) is 3.73. The SMILES string of the molecule is CCc1ccc(/C(C)=N\NC(=O)[C@H]2CC2(c2ccccc2)c2ccccc2)cc1. The van der Waals surface area contributed by atoms with Crippen LogP contribution in [0.15, 0.2) is 90.0 Å². The number of carbonyl (C=O) groups excluding carboxylic acids is 1. The Labute approximate surface area is 172 Å². The number of hydrogen-bond acceptors (Lipinski definition) is 2. The number of nitrogens with zero attached hydrogens (tertiary/aromatic N) is 1. The van der Waals surface area contributed by atoms with E-state index in [0.717, 1.165) is 24.1 Å². The molecule has 3 aromatic carbocycles. The Balaban J connectivity index is 1.54. The first-order valence-electron chi connectivity index (χ1n) is 10.2. The molecule has 1 saturated carbocycles. The number of rotatable bonds is 6. The smallest absolute Gasteiger partial charge is 0.244 e. The van der Waals surface area contributed by atoms with Gasteiger partial charge in [-0.3, -0.25) is 4.79 Å². The zero-order chi connectivity index (χ0) is 20.3. The first kappa shape index (κ1) is 19.1. The van der Waals surface area contributed by atoms with E-state index in [2.05, 4.69) is 66.0 Å². The Morgan fingerprint density at radius 2 is 1.48 bits per heavy atom. The largest absolute Gasteiger partial charge is 0.273 e. The van der Waals surface area contributed by atoms with E-state index in [0.29, 0.717) is 0 Å². The maximum absolute atomic E-state index is 13.0. The van der Waals surface area contributed by atoms with Gasteiger partial charge in [0.15, 0.2) is 0 Å². The number of benzene rings is 3. The summed E-state index contributed by atoms with van der Waals surface area (Å²) < 4.78 is 0. The molecule has 0 unspecified atom stereocenters. The van der Waals surface area contributed by atoms with Gasteiger partial charge in [-0.1, -0.05) is 91.9 Å². The predicted octanol–water partition coefficient (Wildman–Crippen LogP) is 5.10. The van der Waals surface area contributed by atoms with E-state index in [1.807, 2.05) is 43.3 Å². The van der Waals surface area contributed by atoms with Crippen LogP contribution in [0.4, 0.5) is 0 Å². The van der Waals surface area contributed by atoms with Crippen LogP contribution in [0.5, 0.6) is 0 Å². The molecule has 0 bridgehead atoms. The third-order valence-corrected chi connectivity index (χ3v) is 5.97. The average Bonchev–Trinajstić information content (AvgIpc) is 3.56. The van der Waals surface area contributed by atoms with E-state index in [9.17, 15) is 4.79 Å². The van der Waals surface area contributed by atoms with E-state index in [-0.39, 0.29) is 17.2 Å².